The van der Waals surface area contributed by atoms with Gasteiger partial charge in [0.15, 0.2) is 0 Å². The molecule has 5 heteroatoms. The van der Waals surface area contributed by atoms with Crippen molar-refractivity contribution in [2.45, 2.75) is 31.9 Å². The average molecular weight is 235 g/mol. The van der Waals surface area contributed by atoms with Gasteiger partial charge in [-0.05, 0) is 25.8 Å². The van der Waals surface area contributed by atoms with Gasteiger partial charge < -0.3 is 15.7 Å². The molecule has 2 atom stereocenters. The van der Waals surface area contributed by atoms with E-state index in [0.29, 0.717) is 5.82 Å². The van der Waals surface area contributed by atoms with Crippen LogP contribution < -0.4 is 10.6 Å². The molecule has 3 N–H and O–H groups in total. The number of nitrogens with zero attached hydrogens (tertiary/aromatic N) is 2. The first-order chi connectivity index (χ1) is 8.11. The van der Waals surface area contributed by atoms with E-state index < -0.39 is 6.10 Å². The Morgan fingerprint density at radius 3 is 3.12 bits per heavy atom. The molecule has 2 heterocycles. The maximum absolute atomic E-state index is 11.4. The SMILES string of the molecule is C[C@H](O)c1cccnc1N1CCCC1C(N)=O. The zero-order valence-electron chi connectivity index (χ0n) is 9.84. The third kappa shape index (κ3) is 2.24. The molecule has 1 aliphatic rings. The Morgan fingerprint density at radius 1 is 1.71 bits per heavy atom. The van der Waals surface area contributed by atoms with Crippen LogP contribution in [-0.4, -0.2) is 28.6 Å². The maximum Gasteiger partial charge on any atom is 0.240 e. The van der Waals surface area contributed by atoms with Crippen molar-refractivity contribution in [2.24, 2.45) is 5.73 Å². The molecule has 1 fully saturated rings. The normalized spacial score (nSPS) is 21.5. The average Bonchev–Trinajstić information content (AvgIpc) is 2.77. The second-order valence-electron chi connectivity index (χ2n) is 4.35. The van der Waals surface area contributed by atoms with Crippen molar-refractivity contribution in [1.29, 1.82) is 0 Å². The molecule has 1 aromatic heterocycles. The number of pyridine rings is 1. The third-order valence-corrected chi connectivity index (χ3v) is 3.12. The number of rotatable bonds is 3. The molecule has 5 nitrogen and oxygen atoms in total. The van der Waals surface area contributed by atoms with E-state index >= 15 is 0 Å². The highest BCUT2D eigenvalue weighted by Gasteiger charge is 2.31. The predicted octanol–water partition coefficient (Wildman–Crippen LogP) is 0.589. The van der Waals surface area contributed by atoms with Gasteiger partial charge in [-0.2, -0.15) is 0 Å². The molecule has 0 aromatic carbocycles. The molecule has 1 saturated heterocycles. The van der Waals surface area contributed by atoms with Crippen molar-refractivity contribution in [3.05, 3.63) is 23.9 Å². The van der Waals surface area contributed by atoms with Crippen LogP contribution in [0.2, 0.25) is 0 Å². The number of primary amides is 1. The van der Waals surface area contributed by atoms with Gasteiger partial charge in [0, 0.05) is 18.3 Å². The van der Waals surface area contributed by atoms with Crippen molar-refractivity contribution in [3.8, 4) is 0 Å². The van der Waals surface area contributed by atoms with Crippen molar-refractivity contribution in [1.82, 2.24) is 4.98 Å². The zero-order chi connectivity index (χ0) is 12.4. The Kier molecular flexibility index (Phi) is 3.28. The number of aliphatic hydroxyl groups excluding tert-OH is 1. The Bertz CT molecular complexity index is 420. The number of nitrogens with two attached hydrogens (primary N) is 1. The molecule has 92 valence electrons. The molecule has 1 amide bonds. The van der Waals surface area contributed by atoms with Gasteiger partial charge in [0.25, 0.3) is 0 Å². The standard InChI is InChI=1S/C12H17N3O2/c1-8(16)9-4-2-6-14-12(9)15-7-3-5-10(15)11(13)17/h2,4,6,8,10,16H,3,5,7H2,1H3,(H2,13,17)/t8-,10?/m0/s1. The van der Waals surface area contributed by atoms with Crippen LogP contribution in [0.15, 0.2) is 18.3 Å². The van der Waals surface area contributed by atoms with E-state index in [-0.39, 0.29) is 11.9 Å². The number of hydrogen-bond acceptors (Lipinski definition) is 4. The fraction of sp³-hybridized carbons (Fsp3) is 0.500. The van der Waals surface area contributed by atoms with Crippen molar-refractivity contribution in [3.63, 3.8) is 0 Å². The number of amides is 1. The van der Waals surface area contributed by atoms with Gasteiger partial charge in [-0.1, -0.05) is 6.07 Å². The van der Waals surface area contributed by atoms with Gasteiger partial charge in [-0.25, -0.2) is 4.98 Å². The summed E-state index contributed by atoms with van der Waals surface area (Å²) in [6.07, 6.45) is 2.74. The number of aliphatic hydroxyl groups is 1. The van der Waals surface area contributed by atoms with E-state index in [1.165, 1.54) is 0 Å². The summed E-state index contributed by atoms with van der Waals surface area (Å²) >= 11 is 0. The lowest BCUT2D eigenvalue weighted by atomic mass is 10.1. The molecular weight excluding hydrogens is 218 g/mol. The molecule has 1 aromatic rings. The summed E-state index contributed by atoms with van der Waals surface area (Å²) < 4.78 is 0. The van der Waals surface area contributed by atoms with E-state index in [1.807, 2.05) is 11.0 Å². The van der Waals surface area contributed by atoms with Gasteiger partial charge >= 0.3 is 0 Å². The van der Waals surface area contributed by atoms with Crippen LogP contribution in [0.5, 0.6) is 0 Å². The summed E-state index contributed by atoms with van der Waals surface area (Å²) in [6, 6.07) is 3.30. The monoisotopic (exact) mass is 235 g/mol. The Labute approximate surface area is 100 Å². The fourth-order valence-electron chi connectivity index (χ4n) is 2.29. The Morgan fingerprint density at radius 2 is 2.47 bits per heavy atom. The lowest BCUT2D eigenvalue weighted by Crippen LogP contribution is -2.41. The summed E-state index contributed by atoms with van der Waals surface area (Å²) in [7, 11) is 0. The van der Waals surface area contributed by atoms with Gasteiger partial charge in [0.05, 0.1) is 6.10 Å². The third-order valence-electron chi connectivity index (χ3n) is 3.12. The largest absolute Gasteiger partial charge is 0.389 e. The summed E-state index contributed by atoms with van der Waals surface area (Å²) in [4.78, 5) is 17.5. The first kappa shape index (κ1) is 11.9. The van der Waals surface area contributed by atoms with Crippen LogP contribution in [-0.2, 0) is 4.79 Å². The first-order valence-electron chi connectivity index (χ1n) is 5.80. The number of aromatic nitrogens is 1. The summed E-state index contributed by atoms with van der Waals surface area (Å²) in [5, 5.41) is 9.71. The van der Waals surface area contributed by atoms with E-state index in [2.05, 4.69) is 4.98 Å². The zero-order valence-corrected chi connectivity index (χ0v) is 9.84. The molecule has 0 bridgehead atoms. The molecule has 0 saturated carbocycles. The number of hydrogen-bond donors (Lipinski definition) is 2. The van der Waals surface area contributed by atoms with E-state index in [9.17, 15) is 9.90 Å². The summed E-state index contributed by atoms with van der Waals surface area (Å²) in [5.74, 6) is 0.341. The lowest BCUT2D eigenvalue weighted by molar-refractivity contribution is -0.119. The van der Waals surface area contributed by atoms with Crippen LogP contribution in [0.25, 0.3) is 0 Å². The molecular formula is C12H17N3O2. The molecule has 2 rings (SSSR count). The minimum Gasteiger partial charge on any atom is -0.389 e. The van der Waals surface area contributed by atoms with Crippen LogP contribution >= 0.6 is 0 Å². The Hall–Kier alpha value is -1.62. The van der Waals surface area contributed by atoms with Crippen molar-refractivity contribution >= 4 is 11.7 Å². The van der Waals surface area contributed by atoms with Gasteiger partial charge in [0.1, 0.15) is 11.9 Å². The predicted molar refractivity (Wildman–Crippen MR) is 64.4 cm³/mol. The van der Waals surface area contributed by atoms with Crippen molar-refractivity contribution < 1.29 is 9.90 Å². The molecule has 0 radical (unpaired) electrons. The second kappa shape index (κ2) is 4.71. The van der Waals surface area contributed by atoms with E-state index in [1.54, 1.807) is 19.2 Å². The summed E-state index contributed by atoms with van der Waals surface area (Å²) in [5.41, 5.74) is 6.12. The molecule has 17 heavy (non-hydrogen) atoms. The van der Waals surface area contributed by atoms with E-state index in [4.69, 9.17) is 5.73 Å². The highest BCUT2D eigenvalue weighted by molar-refractivity contribution is 5.84. The van der Waals surface area contributed by atoms with Gasteiger partial charge in [0.2, 0.25) is 5.91 Å². The van der Waals surface area contributed by atoms with Crippen LogP contribution in [0.4, 0.5) is 5.82 Å². The lowest BCUT2D eigenvalue weighted by Gasteiger charge is -2.26. The molecule has 0 spiro atoms. The van der Waals surface area contributed by atoms with Crippen LogP contribution in [0.1, 0.15) is 31.4 Å². The highest BCUT2D eigenvalue weighted by Crippen LogP contribution is 2.29. The topological polar surface area (TPSA) is 79.5 Å². The maximum atomic E-state index is 11.4. The van der Waals surface area contributed by atoms with Gasteiger partial charge in [-0.3, -0.25) is 4.79 Å². The first-order valence-corrected chi connectivity index (χ1v) is 5.80. The molecule has 1 unspecified atom stereocenters. The van der Waals surface area contributed by atoms with Crippen molar-refractivity contribution in [2.75, 3.05) is 11.4 Å². The van der Waals surface area contributed by atoms with Gasteiger partial charge in [-0.15, -0.1) is 0 Å². The minimum absolute atomic E-state index is 0.303. The second-order valence-corrected chi connectivity index (χ2v) is 4.35. The summed E-state index contributed by atoms with van der Waals surface area (Å²) in [6.45, 7) is 2.44. The van der Waals surface area contributed by atoms with Crippen LogP contribution in [0.3, 0.4) is 0 Å². The highest BCUT2D eigenvalue weighted by atomic mass is 16.3. The van der Waals surface area contributed by atoms with Crippen LogP contribution in [0, 0.1) is 0 Å². The van der Waals surface area contributed by atoms with E-state index in [0.717, 1.165) is 24.9 Å². The number of carbonyl (C=O) groups excluding carboxylic acids is 1. The quantitative estimate of drug-likeness (QED) is 0.803. The smallest absolute Gasteiger partial charge is 0.240 e. The number of carbonyl (C=O) groups is 1. The Balaban J connectivity index is 2.36. The fourth-order valence-corrected chi connectivity index (χ4v) is 2.29. The minimum atomic E-state index is -0.604. The number of anilines is 1. The molecule has 0 aliphatic carbocycles. The molecule has 1 aliphatic heterocycles.